The van der Waals surface area contributed by atoms with Crippen molar-refractivity contribution in [1.29, 1.82) is 0 Å². The third kappa shape index (κ3) is 3.56. The van der Waals surface area contributed by atoms with E-state index in [9.17, 15) is 0 Å². The molecule has 1 heteroatoms. The number of aromatic nitrogens is 1. The minimum atomic E-state index is 0.694. The van der Waals surface area contributed by atoms with Crippen LogP contribution in [0.2, 0.25) is 0 Å². The molecule has 2 aromatic carbocycles. The molecule has 1 heterocycles. The van der Waals surface area contributed by atoms with Crippen LogP contribution in [0.5, 0.6) is 0 Å². The number of pyridine rings is 1. The van der Waals surface area contributed by atoms with Gasteiger partial charge in [-0.2, -0.15) is 0 Å². The van der Waals surface area contributed by atoms with Crippen LogP contribution in [0.3, 0.4) is 0 Å². The molecule has 0 amide bonds. The van der Waals surface area contributed by atoms with Gasteiger partial charge >= 0.3 is 0 Å². The van der Waals surface area contributed by atoms with Gasteiger partial charge in [0.15, 0.2) is 6.20 Å². The summed E-state index contributed by atoms with van der Waals surface area (Å²) in [5, 5.41) is 0. The van der Waals surface area contributed by atoms with Crippen molar-refractivity contribution in [2.75, 3.05) is 0 Å². The van der Waals surface area contributed by atoms with Crippen molar-refractivity contribution in [3.8, 4) is 22.4 Å². The van der Waals surface area contributed by atoms with Crippen LogP contribution < -0.4 is 4.57 Å². The predicted octanol–water partition coefficient (Wildman–Crippen LogP) is 5.35. The van der Waals surface area contributed by atoms with Gasteiger partial charge in [-0.3, -0.25) is 0 Å². The Morgan fingerprint density at radius 2 is 1.58 bits per heavy atom. The van der Waals surface area contributed by atoms with E-state index in [1.165, 1.54) is 33.5 Å². The van der Waals surface area contributed by atoms with E-state index in [1.807, 2.05) is 0 Å². The smallest absolute Gasteiger partial charge is 0.201 e. The molecular weight excluding hydrogens is 290 g/mol. The van der Waals surface area contributed by atoms with Crippen molar-refractivity contribution >= 4 is 0 Å². The van der Waals surface area contributed by atoms with E-state index in [-0.39, 0.29) is 0 Å². The molecule has 0 N–H and O–H groups in total. The second kappa shape index (κ2) is 7.00. The maximum absolute atomic E-state index is 2.31. The highest BCUT2D eigenvalue weighted by atomic mass is 14.9. The summed E-state index contributed by atoms with van der Waals surface area (Å²) in [5.41, 5.74) is 7.81. The lowest BCUT2D eigenvalue weighted by molar-refractivity contribution is -0.660. The Morgan fingerprint density at radius 1 is 0.875 bits per heavy atom. The molecule has 0 saturated heterocycles. The first-order valence-corrected chi connectivity index (χ1v) is 8.69. The molecule has 0 aliphatic carbocycles. The highest BCUT2D eigenvalue weighted by molar-refractivity contribution is 5.72. The molecule has 0 saturated carbocycles. The first-order valence-electron chi connectivity index (χ1n) is 8.69. The lowest BCUT2D eigenvalue weighted by Crippen LogP contribution is -2.30. The minimum absolute atomic E-state index is 0.694. The summed E-state index contributed by atoms with van der Waals surface area (Å²) in [5.74, 6) is 0.694. The maximum atomic E-state index is 2.31. The topological polar surface area (TPSA) is 3.88 Å². The molecule has 0 spiro atoms. The monoisotopic (exact) mass is 316 g/mol. The molecule has 1 aromatic heterocycles. The molecule has 0 aliphatic heterocycles. The molecule has 0 bridgehead atoms. The zero-order valence-electron chi connectivity index (χ0n) is 15.1. The molecule has 0 radical (unpaired) electrons. The predicted molar refractivity (Wildman–Crippen MR) is 102 cm³/mol. The molecule has 3 aromatic rings. The molecule has 0 aliphatic rings. The van der Waals surface area contributed by atoms with Crippen LogP contribution in [0.25, 0.3) is 22.4 Å². The fourth-order valence-corrected chi connectivity index (χ4v) is 3.19. The van der Waals surface area contributed by atoms with Crippen molar-refractivity contribution < 1.29 is 4.57 Å². The van der Waals surface area contributed by atoms with E-state index in [2.05, 4.69) is 99.2 Å². The molecule has 122 valence electrons. The summed E-state index contributed by atoms with van der Waals surface area (Å²) in [7, 11) is 2.10. The van der Waals surface area contributed by atoms with Gasteiger partial charge in [0, 0.05) is 17.7 Å². The highest BCUT2D eigenvalue weighted by Crippen LogP contribution is 2.28. The number of aryl methyl sites for hydroxylation is 2. The molecule has 0 unspecified atom stereocenters. The van der Waals surface area contributed by atoms with E-state index in [4.69, 9.17) is 0 Å². The maximum Gasteiger partial charge on any atom is 0.212 e. The summed E-state index contributed by atoms with van der Waals surface area (Å²) < 4.78 is 2.18. The lowest BCUT2D eigenvalue weighted by Gasteiger charge is -2.10. The standard InChI is InChI=1S/C23H26N/c1-17(2)15-19-9-12-20(13-10-19)21-11-8-18(3)22(16-21)23-7-5-6-14-24(23)4/h5-14,16-17H,15H2,1-4H3/q+1. The number of benzene rings is 2. The Labute approximate surface area is 145 Å². The van der Waals surface area contributed by atoms with Crippen molar-refractivity contribution in [2.24, 2.45) is 13.0 Å². The fourth-order valence-electron chi connectivity index (χ4n) is 3.19. The Morgan fingerprint density at radius 3 is 2.25 bits per heavy atom. The van der Waals surface area contributed by atoms with Crippen LogP contribution in [0.1, 0.15) is 25.0 Å². The van der Waals surface area contributed by atoms with E-state index < -0.39 is 0 Å². The zero-order chi connectivity index (χ0) is 17.1. The summed E-state index contributed by atoms with van der Waals surface area (Å²) in [6.45, 7) is 6.71. The van der Waals surface area contributed by atoms with Crippen molar-refractivity contribution in [3.05, 3.63) is 78.0 Å². The van der Waals surface area contributed by atoms with Crippen LogP contribution in [-0.4, -0.2) is 0 Å². The third-order valence-corrected chi connectivity index (χ3v) is 4.50. The van der Waals surface area contributed by atoms with E-state index in [0.717, 1.165) is 6.42 Å². The largest absolute Gasteiger partial charge is 0.212 e. The van der Waals surface area contributed by atoms with Gasteiger partial charge in [0.05, 0.1) is 0 Å². The molecule has 0 fully saturated rings. The van der Waals surface area contributed by atoms with Crippen LogP contribution in [-0.2, 0) is 13.5 Å². The number of rotatable bonds is 4. The second-order valence-electron chi connectivity index (χ2n) is 7.02. The Balaban J connectivity index is 1.98. The summed E-state index contributed by atoms with van der Waals surface area (Å²) in [6.07, 6.45) is 3.24. The third-order valence-electron chi connectivity index (χ3n) is 4.50. The Hall–Kier alpha value is -2.41. The molecule has 3 rings (SSSR count). The number of hydrogen-bond acceptors (Lipinski definition) is 0. The van der Waals surface area contributed by atoms with Gasteiger partial charge in [-0.05, 0) is 53.6 Å². The molecule has 0 atom stereocenters. The van der Waals surface area contributed by atoms with Crippen molar-refractivity contribution in [1.82, 2.24) is 0 Å². The van der Waals surface area contributed by atoms with Gasteiger partial charge in [0.1, 0.15) is 7.05 Å². The molecular formula is C23H26N+. The highest BCUT2D eigenvalue weighted by Gasteiger charge is 2.12. The fraction of sp³-hybridized carbons (Fsp3) is 0.261. The Bertz CT molecular complexity index is 829. The van der Waals surface area contributed by atoms with Gasteiger partial charge in [0.25, 0.3) is 0 Å². The van der Waals surface area contributed by atoms with Gasteiger partial charge in [-0.25, -0.2) is 4.57 Å². The minimum Gasteiger partial charge on any atom is -0.201 e. The first kappa shape index (κ1) is 16.4. The number of nitrogens with zero attached hydrogens (tertiary/aromatic N) is 1. The van der Waals surface area contributed by atoms with Crippen LogP contribution in [0.15, 0.2) is 66.9 Å². The SMILES string of the molecule is Cc1ccc(-c2ccc(CC(C)C)cc2)cc1-c1cccc[n+]1C. The van der Waals surface area contributed by atoms with Gasteiger partial charge in [-0.1, -0.05) is 50.2 Å². The number of hydrogen-bond donors (Lipinski definition) is 0. The lowest BCUT2D eigenvalue weighted by atomic mass is 9.95. The Kier molecular flexibility index (Phi) is 4.80. The van der Waals surface area contributed by atoms with E-state index in [1.54, 1.807) is 0 Å². The summed E-state index contributed by atoms with van der Waals surface area (Å²) in [4.78, 5) is 0. The quantitative estimate of drug-likeness (QED) is 0.571. The van der Waals surface area contributed by atoms with Crippen LogP contribution in [0, 0.1) is 12.8 Å². The molecule has 1 nitrogen and oxygen atoms in total. The van der Waals surface area contributed by atoms with E-state index >= 15 is 0 Å². The van der Waals surface area contributed by atoms with E-state index in [0.29, 0.717) is 5.92 Å². The van der Waals surface area contributed by atoms with Crippen LogP contribution >= 0.6 is 0 Å². The molecule has 24 heavy (non-hydrogen) atoms. The van der Waals surface area contributed by atoms with Gasteiger partial charge < -0.3 is 0 Å². The van der Waals surface area contributed by atoms with Gasteiger partial charge in [-0.15, -0.1) is 0 Å². The summed E-state index contributed by atoms with van der Waals surface area (Å²) >= 11 is 0. The summed E-state index contributed by atoms with van der Waals surface area (Å²) in [6, 6.07) is 22.1. The average molecular weight is 316 g/mol. The second-order valence-corrected chi connectivity index (χ2v) is 7.02. The van der Waals surface area contributed by atoms with Crippen LogP contribution in [0.4, 0.5) is 0 Å². The zero-order valence-corrected chi connectivity index (χ0v) is 15.1. The van der Waals surface area contributed by atoms with Gasteiger partial charge in [0.2, 0.25) is 5.69 Å². The first-order chi connectivity index (χ1) is 11.5. The van der Waals surface area contributed by atoms with Crippen molar-refractivity contribution in [2.45, 2.75) is 27.2 Å². The van der Waals surface area contributed by atoms with Crippen molar-refractivity contribution in [3.63, 3.8) is 0 Å². The average Bonchev–Trinajstić information content (AvgIpc) is 2.56. The normalized spacial score (nSPS) is 11.0.